The van der Waals surface area contributed by atoms with Crippen molar-refractivity contribution >= 4 is 11.9 Å². The van der Waals surface area contributed by atoms with E-state index < -0.39 is 12.0 Å². The number of carbonyl (C=O) groups excluding carboxylic acids is 1. The maximum atomic E-state index is 12.4. The summed E-state index contributed by atoms with van der Waals surface area (Å²) in [4.78, 5) is 23.7. The van der Waals surface area contributed by atoms with Gasteiger partial charge in [-0.05, 0) is 31.5 Å². The van der Waals surface area contributed by atoms with Gasteiger partial charge in [-0.25, -0.2) is 0 Å². The zero-order valence-corrected chi connectivity index (χ0v) is 15.2. The number of rotatable bonds is 8. The van der Waals surface area contributed by atoms with Gasteiger partial charge in [0.25, 0.3) is 0 Å². The van der Waals surface area contributed by atoms with Gasteiger partial charge >= 0.3 is 5.97 Å². The highest BCUT2D eigenvalue weighted by Gasteiger charge is 2.21. The van der Waals surface area contributed by atoms with Crippen molar-refractivity contribution < 1.29 is 28.7 Å². The molecule has 1 aromatic carbocycles. The Labute approximate surface area is 151 Å². The van der Waals surface area contributed by atoms with Gasteiger partial charge in [-0.1, -0.05) is 11.2 Å². The zero-order valence-electron chi connectivity index (χ0n) is 15.2. The Morgan fingerprint density at radius 3 is 2.46 bits per heavy atom. The van der Waals surface area contributed by atoms with Crippen LogP contribution in [0.3, 0.4) is 0 Å². The number of carboxylic acids is 1. The van der Waals surface area contributed by atoms with Gasteiger partial charge in [0, 0.05) is 5.56 Å². The number of ether oxygens (including phenoxy) is 2. The smallest absolute Gasteiger partial charge is 0.305 e. The van der Waals surface area contributed by atoms with Gasteiger partial charge in [-0.3, -0.25) is 9.59 Å². The molecule has 1 aromatic heterocycles. The first-order chi connectivity index (χ1) is 12.3. The molecule has 1 unspecified atom stereocenters. The summed E-state index contributed by atoms with van der Waals surface area (Å²) in [7, 11) is 3.00. The number of carboxylic acid groups (broad SMARTS) is 1. The minimum Gasteiger partial charge on any atom is -0.493 e. The molecule has 1 amide bonds. The number of nitrogens with zero attached hydrogens (tertiary/aromatic N) is 1. The lowest BCUT2D eigenvalue weighted by Crippen LogP contribution is -2.31. The van der Waals surface area contributed by atoms with Crippen LogP contribution in [0.5, 0.6) is 11.5 Å². The molecule has 2 rings (SSSR count). The number of amides is 1. The van der Waals surface area contributed by atoms with Crippen LogP contribution in [-0.4, -0.2) is 36.4 Å². The van der Waals surface area contributed by atoms with Crippen molar-refractivity contribution in [2.75, 3.05) is 14.2 Å². The third-order valence-corrected chi connectivity index (χ3v) is 4.04. The van der Waals surface area contributed by atoms with Gasteiger partial charge in [0.2, 0.25) is 5.91 Å². The third-order valence-electron chi connectivity index (χ3n) is 4.04. The predicted octanol–water partition coefficient (Wildman–Crippen LogP) is 2.18. The summed E-state index contributed by atoms with van der Waals surface area (Å²) in [6.45, 7) is 3.48. The molecule has 2 N–H and O–H groups in total. The number of carbonyl (C=O) groups is 2. The normalized spacial score (nSPS) is 11.7. The second kappa shape index (κ2) is 8.37. The fraction of sp³-hybridized carbons (Fsp3) is 0.389. The van der Waals surface area contributed by atoms with Crippen LogP contribution in [0.25, 0.3) is 0 Å². The second-order valence-electron chi connectivity index (χ2n) is 5.81. The van der Waals surface area contributed by atoms with Gasteiger partial charge < -0.3 is 24.4 Å². The van der Waals surface area contributed by atoms with E-state index in [0.717, 1.165) is 0 Å². The van der Waals surface area contributed by atoms with Crippen molar-refractivity contribution in [1.82, 2.24) is 10.5 Å². The van der Waals surface area contributed by atoms with Crippen molar-refractivity contribution in [3.63, 3.8) is 0 Å². The summed E-state index contributed by atoms with van der Waals surface area (Å²) in [6, 6.07) is 4.32. The lowest BCUT2D eigenvalue weighted by atomic mass is 10.0. The Morgan fingerprint density at radius 1 is 1.23 bits per heavy atom. The van der Waals surface area contributed by atoms with E-state index in [1.165, 1.54) is 14.2 Å². The zero-order chi connectivity index (χ0) is 19.3. The molecule has 2 aromatic rings. The quantitative estimate of drug-likeness (QED) is 0.740. The lowest BCUT2D eigenvalue weighted by molar-refractivity contribution is -0.137. The highest BCUT2D eigenvalue weighted by atomic mass is 16.5. The minimum absolute atomic E-state index is 0.0601. The molecule has 1 atom stereocenters. The molecule has 0 saturated heterocycles. The van der Waals surface area contributed by atoms with E-state index in [9.17, 15) is 14.7 Å². The Hall–Kier alpha value is -3.03. The fourth-order valence-corrected chi connectivity index (χ4v) is 2.66. The molecule has 0 saturated carbocycles. The van der Waals surface area contributed by atoms with E-state index >= 15 is 0 Å². The summed E-state index contributed by atoms with van der Waals surface area (Å²) in [5, 5.41) is 15.8. The van der Waals surface area contributed by atoms with Crippen molar-refractivity contribution in [3.8, 4) is 11.5 Å². The number of methoxy groups -OCH3 is 2. The van der Waals surface area contributed by atoms with Crippen LogP contribution in [0.1, 0.15) is 35.0 Å². The fourth-order valence-electron chi connectivity index (χ4n) is 2.66. The largest absolute Gasteiger partial charge is 0.493 e. The number of hydrogen-bond donors (Lipinski definition) is 2. The molecule has 0 bridgehead atoms. The Kier molecular flexibility index (Phi) is 6.21. The number of aryl methyl sites for hydroxylation is 2. The average molecular weight is 362 g/mol. The van der Waals surface area contributed by atoms with Crippen molar-refractivity contribution in [1.29, 1.82) is 0 Å². The summed E-state index contributed by atoms with van der Waals surface area (Å²) < 4.78 is 15.5. The minimum atomic E-state index is -1.03. The maximum Gasteiger partial charge on any atom is 0.305 e. The van der Waals surface area contributed by atoms with Crippen LogP contribution in [-0.2, 0) is 16.0 Å². The number of aromatic nitrogens is 1. The number of nitrogens with one attached hydrogen (secondary N) is 1. The summed E-state index contributed by atoms with van der Waals surface area (Å²) in [5.74, 6) is 0.203. The molecule has 0 aliphatic heterocycles. The van der Waals surface area contributed by atoms with E-state index in [2.05, 4.69) is 10.5 Å². The van der Waals surface area contributed by atoms with Gasteiger partial charge in [0.15, 0.2) is 11.5 Å². The number of benzene rings is 1. The van der Waals surface area contributed by atoms with E-state index in [-0.39, 0.29) is 18.7 Å². The lowest BCUT2D eigenvalue weighted by Gasteiger charge is -2.19. The highest BCUT2D eigenvalue weighted by Crippen LogP contribution is 2.31. The molecule has 0 radical (unpaired) electrons. The van der Waals surface area contributed by atoms with Gasteiger partial charge in [-0.15, -0.1) is 0 Å². The molecule has 0 aliphatic rings. The Morgan fingerprint density at radius 2 is 1.92 bits per heavy atom. The van der Waals surface area contributed by atoms with Crippen LogP contribution in [0.2, 0.25) is 0 Å². The molecule has 0 aliphatic carbocycles. The molecular formula is C18H22N2O6. The monoisotopic (exact) mass is 362 g/mol. The van der Waals surface area contributed by atoms with Crippen molar-refractivity contribution in [2.45, 2.75) is 32.7 Å². The number of aliphatic carboxylic acids is 1. The summed E-state index contributed by atoms with van der Waals surface area (Å²) >= 11 is 0. The molecule has 26 heavy (non-hydrogen) atoms. The van der Waals surface area contributed by atoms with Crippen LogP contribution < -0.4 is 14.8 Å². The van der Waals surface area contributed by atoms with E-state index in [1.807, 2.05) is 0 Å². The summed E-state index contributed by atoms with van der Waals surface area (Å²) in [5.41, 5.74) is 1.94. The van der Waals surface area contributed by atoms with E-state index in [1.54, 1.807) is 32.0 Å². The molecular weight excluding hydrogens is 340 g/mol. The molecule has 0 fully saturated rings. The second-order valence-corrected chi connectivity index (χ2v) is 5.81. The Bertz CT molecular complexity index is 779. The van der Waals surface area contributed by atoms with Gasteiger partial charge in [0.1, 0.15) is 5.76 Å². The molecule has 140 valence electrons. The standard InChI is InChI=1S/C18H22N2O6/c1-10-13(11(2)26-20-10)8-17(21)19-14(9-18(22)23)12-5-6-15(24-3)16(7-12)25-4/h5-7,14H,8-9H2,1-4H3,(H,19,21)(H,22,23). The number of hydrogen-bond acceptors (Lipinski definition) is 6. The topological polar surface area (TPSA) is 111 Å². The molecule has 8 nitrogen and oxygen atoms in total. The highest BCUT2D eigenvalue weighted by molar-refractivity contribution is 5.80. The third kappa shape index (κ3) is 4.53. The van der Waals surface area contributed by atoms with E-state index in [4.69, 9.17) is 14.0 Å². The predicted molar refractivity (Wildman–Crippen MR) is 92.4 cm³/mol. The van der Waals surface area contributed by atoms with Crippen LogP contribution in [0.4, 0.5) is 0 Å². The van der Waals surface area contributed by atoms with E-state index in [0.29, 0.717) is 34.1 Å². The van der Waals surface area contributed by atoms with Crippen LogP contribution in [0.15, 0.2) is 22.7 Å². The first-order valence-electron chi connectivity index (χ1n) is 8.00. The van der Waals surface area contributed by atoms with Gasteiger partial charge in [0.05, 0.1) is 38.8 Å². The molecule has 0 spiro atoms. The van der Waals surface area contributed by atoms with Crippen LogP contribution in [0, 0.1) is 13.8 Å². The molecule has 8 heteroatoms. The van der Waals surface area contributed by atoms with Crippen LogP contribution >= 0.6 is 0 Å². The average Bonchev–Trinajstić information content (AvgIpc) is 2.92. The maximum absolute atomic E-state index is 12.4. The first kappa shape index (κ1) is 19.3. The Balaban J connectivity index is 2.22. The first-order valence-corrected chi connectivity index (χ1v) is 8.00. The summed E-state index contributed by atoms with van der Waals surface area (Å²) in [6.07, 6.45) is -0.201. The van der Waals surface area contributed by atoms with Gasteiger partial charge in [-0.2, -0.15) is 0 Å². The molecule has 1 heterocycles. The van der Waals surface area contributed by atoms with Crippen molar-refractivity contribution in [2.24, 2.45) is 0 Å². The van der Waals surface area contributed by atoms with Crippen molar-refractivity contribution in [3.05, 3.63) is 40.8 Å². The SMILES string of the molecule is COc1ccc(C(CC(=O)O)NC(=O)Cc2c(C)noc2C)cc1OC.